The van der Waals surface area contributed by atoms with Crippen molar-refractivity contribution in [2.75, 3.05) is 11.7 Å². The molecule has 1 atom stereocenters. The molecule has 3 aromatic rings. The molecular weight excluding hydrogens is 310 g/mol. The Labute approximate surface area is 137 Å². The zero-order chi connectivity index (χ0) is 16.4. The molecule has 3 N–H and O–H groups in total. The molecule has 7 nitrogen and oxygen atoms in total. The third-order valence-electron chi connectivity index (χ3n) is 3.56. The van der Waals surface area contributed by atoms with Crippen LogP contribution in [0.4, 0.5) is 5.82 Å². The van der Waals surface area contributed by atoms with Crippen LogP contribution in [0.3, 0.4) is 0 Å². The molecule has 0 amide bonds. The van der Waals surface area contributed by atoms with E-state index < -0.39 is 5.92 Å². The molecule has 0 aliphatic rings. The van der Waals surface area contributed by atoms with Crippen LogP contribution in [-0.2, 0) is 7.05 Å². The van der Waals surface area contributed by atoms with Crippen LogP contribution in [0.25, 0.3) is 11.0 Å². The first-order chi connectivity index (χ1) is 11.2. The van der Waals surface area contributed by atoms with Gasteiger partial charge in [0, 0.05) is 13.1 Å². The highest BCUT2D eigenvalue weighted by Crippen LogP contribution is 2.27. The second-order valence-electron chi connectivity index (χ2n) is 4.89. The number of hydrogen-bond acceptors (Lipinski definition) is 7. The van der Waals surface area contributed by atoms with Gasteiger partial charge < -0.3 is 9.99 Å². The van der Waals surface area contributed by atoms with Gasteiger partial charge >= 0.3 is 0 Å². The number of hydrazine groups is 1. The normalized spacial score (nSPS) is 12.1. The van der Waals surface area contributed by atoms with Crippen molar-refractivity contribution in [2.45, 2.75) is 11.1 Å². The Balaban J connectivity index is 2.16. The molecule has 1 aromatic carbocycles. The molecule has 0 aliphatic heterocycles. The van der Waals surface area contributed by atoms with Crippen LogP contribution in [-0.4, -0.2) is 25.8 Å². The molecule has 2 heterocycles. The van der Waals surface area contributed by atoms with Gasteiger partial charge in [0.2, 0.25) is 0 Å². The largest absolute Gasteiger partial charge is 0.330 e. The summed E-state index contributed by atoms with van der Waals surface area (Å²) in [7, 11) is 1.90. The summed E-state index contributed by atoms with van der Waals surface area (Å²) in [6.45, 7) is 0. The SMILES string of the molecule is CSc1nc(NN)cc(C(C#N)c2nc3ccccc3n2C)n1. The minimum Gasteiger partial charge on any atom is -0.330 e. The standard InChI is InChI=1S/C15H15N7S/c1-22-12-6-4-3-5-10(12)18-14(22)9(8-16)11-7-13(21-17)20-15(19-11)23-2/h3-7,9H,17H2,1-2H3,(H,19,20,21). The third-order valence-corrected chi connectivity index (χ3v) is 4.11. The van der Waals surface area contributed by atoms with Crippen LogP contribution in [0.5, 0.6) is 0 Å². The zero-order valence-corrected chi connectivity index (χ0v) is 13.5. The Morgan fingerprint density at radius 3 is 2.74 bits per heavy atom. The van der Waals surface area contributed by atoms with Gasteiger partial charge in [0.05, 0.1) is 22.8 Å². The minimum absolute atomic E-state index is 0.471. The highest BCUT2D eigenvalue weighted by atomic mass is 32.2. The Hall–Kier alpha value is -2.63. The van der Waals surface area contributed by atoms with Crippen LogP contribution < -0.4 is 11.3 Å². The summed E-state index contributed by atoms with van der Waals surface area (Å²) in [6.07, 6.45) is 1.87. The van der Waals surface area contributed by atoms with E-state index in [-0.39, 0.29) is 0 Å². The fourth-order valence-corrected chi connectivity index (χ4v) is 2.82. The van der Waals surface area contributed by atoms with Crippen molar-refractivity contribution in [3.63, 3.8) is 0 Å². The van der Waals surface area contributed by atoms with Crippen molar-refractivity contribution in [3.8, 4) is 6.07 Å². The van der Waals surface area contributed by atoms with E-state index in [1.165, 1.54) is 11.8 Å². The molecule has 0 bridgehead atoms. The number of nitrogens with zero attached hydrogens (tertiary/aromatic N) is 5. The molecule has 1 unspecified atom stereocenters. The molecule has 3 rings (SSSR count). The predicted molar refractivity (Wildman–Crippen MR) is 89.8 cm³/mol. The monoisotopic (exact) mass is 325 g/mol. The fourth-order valence-electron chi connectivity index (χ4n) is 2.43. The highest BCUT2D eigenvalue weighted by molar-refractivity contribution is 7.98. The first-order valence-electron chi connectivity index (χ1n) is 6.88. The van der Waals surface area contributed by atoms with Gasteiger partial charge in [-0.25, -0.2) is 20.8 Å². The number of nitrogens with two attached hydrogens (primary N) is 1. The zero-order valence-electron chi connectivity index (χ0n) is 12.7. The molecule has 2 aromatic heterocycles. The summed E-state index contributed by atoms with van der Waals surface area (Å²) in [6, 6.07) is 11.7. The number of aromatic nitrogens is 4. The number of rotatable bonds is 4. The van der Waals surface area contributed by atoms with Crippen LogP contribution in [0.1, 0.15) is 17.4 Å². The molecule has 23 heavy (non-hydrogen) atoms. The van der Waals surface area contributed by atoms with Gasteiger partial charge in [-0.1, -0.05) is 23.9 Å². The number of benzene rings is 1. The summed E-state index contributed by atoms with van der Waals surface area (Å²) in [4.78, 5) is 13.3. The van der Waals surface area contributed by atoms with Gasteiger partial charge in [0.25, 0.3) is 0 Å². The van der Waals surface area contributed by atoms with E-state index in [9.17, 15) is 5.26 Å². The number of fused-ring (bicyclic) bond motifs is 1. The van der Waals surface area contributed by atoms with E-state index in [1.54, 1.807) is 6.07 Å². The maximum atomic E-state index is 9.69. The summed E-state index contributed by atoms with van der Waals surface area (Å²) in [5.74, 6) is 5.97. The van der Waals surface area contributed by atoms with E-state index in [0.29, 0.717) is 22.5 Å². The van der Waals surface area contributed by atoms with Crippen LogP contribution >= 0.6 is 11.8 Å². The first-order valence-corrected chi connectivity index (χ1v) is 8.11. The van der Waals surface area contributed by atoms with Gasteiger partial charge in [-0.05, 0) is 18.4 Å². The molecule has 0 fully saturated rings. The number of thioether (sulfide) groups is 1. The van der Waals surface area contributed by atoms with E-state index in [0.717, 1.165) is 11.0 Å². The number of nitriles is 1. The summed E-state index contributed by atoms with van der Waals surface area (Å²) in [5, 5.41) is 10.2. The molecule has 116 valence electrons. The lowest BCUT2D eigenvalue weighted by Crippen LogP contribution is -2.13. The molecule has 0 saturated carbocycles. The summed E-state index contributed by atoms with van der Waals surface area (Å²) < 4.78 is 1.92. The first kappa shape index (κ1) is 15.3. The van der Waals surface area contributed by atoms with Crippen LogP contribution in [0.2, 0.25) is 0 Å². The average Bonchev–Trinajstić information content (AvgIpc) is 2.92. The van der Waals surface area contributed by atoms with Crippen molar-refractivity contribution in [3.05, 3.63) is 41.9 Å². The summed E-state index contributed by atoms with van der Waals surface area (Å²) >= 11 is 1.39. The molecule has 0 radical (unpaired) electrons. The van der Waals surface area contributed by atoms with Gasteiger partial charge in [0.15, 0.2) is 5.16 Å². The molecular formula is C15H15N7S. The van der Waals surface area contributed by atoms with Gasteiger partial charge in [0.1, 0.15) is 17.6 Å². The molecule has 0 saturated heterocycles. The number of imidazole rings is 1. The number of para-hydroxylation sites is 2. The topological polar surface area (TPSA) is 105 Å². The molecule has 0 aliphatic carbocycles. The summed E-state index contributed by atoms with van der Waals surface area (Å²) in [5.41, 5.74) is 4.90. The van der Waals surface area contributed by atoms with E-state index >= 15 is 0 Å². The fraction of sp³-hybridized carbons (Fsp3) is 0.200. The van der Waals surface area contributed by atoms with E-state index in [1.807, 2.05) is 42.1 Å². The third kappa shape index (κ3) is 2.72. The van der Waals surface area contributed by atoms with Crippen LogP contribution in [0.15, 0.2) is 35.5 Å². The van der Waals surface area contributed by atoms with Crippen molar-refractivity contribution in [2.24, 2.45) is 12.9 Å². The van der Waals surface area contributed by atoms with E-state index in [2.05, 4.69) is 26.4 Å². The second-order valence-corrected chi connectivity index (χ2v) is 5.66. The smallest absolute Gasteiger partial charge is 0.189 e. The van der Waals surface area contributed by atoms with Crippen molar-refractivity contribution < 1.29 is 0 Å². The van der Waals surface area contributed by atoms with Crippen LogP contribution in [0, 0.1) is 11.3 Å². The number of hydrogen-bond donors (Lipinski definition) is 2. The number of nitrogens with one attached hydrogen (secondary N) is 1. The number of anilines is 1. The van der Waals surface area contributed by atoms with Gasteiger partial charge in [-0.2, -0.15) is 5.26 Å². The minimum atomic E-state index is -0.603. The number of nitrogen functional groups attached to an aromatic ring is 1. The second kappa shape index (κ2) is 6.24. The Morgan fingerprint density at radius 2 is 2.09 bits per heavy atom. The predicted octanol–water partition coefficient (Wildman–Crippen LogP) is 2.03. The lowest BCUT2D eigenvalue weighted by atomic mass is 10.1. The lowest BCUT2D eigenvalue weighted by molar-refractivity contribution is 0.766. The Bertz CT molecular complexity index is 874. The Kier molecular flexibility index (Phi) is 4.14. The van der Waals surface area contributed by atoms with E-state index in [4.69, 9.17) is 5.84 Å². The lowest BCUT2D eigenvalue weighted by Gasteiger charge is -2.11. The van der Waals surface area contributed by atoms with Crippen molar-refractivity contribution in [1.29, 1.82) is 5.26 Å². The highest BCUT2D eigenvalue weighted by Gasteiger charge is 2.23. The average molecular weight is 325 g/mol. The van der Waals surface area contributed by atoms with Gasteiger partial charge in [-0.15, -0.1) is 0 Å². The maximum Gasteiger partial charge on any atom is 0.189 e. The van der Waals surface area contributed by atoms with Crippen molar-refractivity contribution >= 4 is 28.6 Å². The van der Waals surface area contributed by atoms with Gasteiger partial charge in [-0.3, -0.25) is 0 Å². The molecule has 8 heteroatoms. The number of aryl methyl sites for hydroxylation is 1. The Morgan fingerprint density at radius 1 is 1.30 bits per heavy atom. The quantitative estimate of drug-likeness (QED) is 0.327. The maximum absolute atomic E-state index is 9.69. The molecule has 0 spiro atoms. The van der Waals surface area contributed by atoms with Crippen molar-refractivity contribution in [1.82, 2.24) is 19.5 Å².